The van der Waals surface area contributed by atoms with Gasteiger partial charge in [0.15, 0.2) is 0 Å². The molecular formula is C17H28N2. The highest BCUT2D eigenvalue weighted by Gasteiger charge is 2.12. The fourth-order valence-corrected chi connectivity index (χ4v) is 2.82. The molecule has 1 aromatic rings. The van der Waals surface area contributed by atoms with E-state index in [1.807, 2.05) is 0 Å². The number of rotatable bonds is 6. The SMILES string of the molecule is CCCCCc1cc(C)ccc1CN1CCNCC1. The Morgan fingerprint density at radius 2 is 1.89 bits per heavy atom. The Hall–Kier alpha value is -0.860. The first-order valence-electron chi connectivity index (χ1n) is 7.81. The van der Waals surface area contributed by atoms with E-state index in [1.54, 1.807) is 11.1 Å². The summed E-state index contributed by atoms with van der Waals surface area (Å²) in [6.07, 6.45) is 5.23. The maximum Gasteiger partial charge on any atom is 0.0237 e. The second-order valence-electron chi connectivity index (χ2n) is 5.76. The summed E-state index contributed by atoms with van der Waals surface area (Å²) in [4.78, 5) is 2.57. The average molecular weight is 260 g/mol. The summed E-state index contributed by atoms with van der Waals surface area (Å²) in [5.41, 5.74) is 4.52. The molecule has 19 heavy (non-hydrogen) atoms. The van der Waals surface area contributed by atoms with E-state index in [2.05, 4.69) is 42.3 Å². The second kappa shape index (κ2) is 7.66. The van der Waals surface area contributed by atoms with Crippen LogP contribution in [0.4, 0.5) is 0 Å². The number of piperazine rings is 1. The zero-order chi connectivity index (χ0) is 13.5. The molecule has 0 bridgehead atoms. The summed E-state index contributed by atoms with van der Waals surface area (Å²) < 4.78 is 0. The van der Waals surface area contributed by atoms with Crippen LogP contribution in [0.3, 0.4) is 0 Å². The first kappa shape index (κ1) is 14.5. The van der Waals surface area contributed by atoms with E-state index in [0.717, 1.165) is 19.6 Å². The van der Waals surface area contributed by atoms with Crippen LogP contribution in [0.15, 0.2) is 18.2 Å². The smallest absolute Gasteiger partial charge is 0.0237 e. The van der Waals surface area contributed by atoms with Crippen molar-refractivity contribution in [3.8, 4) is 0 Å². The highest BCUT2D eigenvalue weighted by Crippen LogP contribution is 2.17. The maximum atomic E-state index is 3.42. The first-order valence-corrected chi connectivity index (χ1v) is 7.81. The Morgan fingerprint density at radius 3 is 2.63 bits per heavy atom. The van der Waals surface area contributed by atoms with Crippen molar-refractivity contribution in [1.29, 1.82) is 0 Å². The molecule has 0 spiro atoms. The zero-order valence-corrected chi connectivity index (χ0v) is 12.5. The molecule has 0 aromatic heterocycles. The topological polar surface area (TPSA) is 15.3 Å². The van der Waals surface area contributed by atoms with Crippen LogP contribution in [-0.2, 0) is 13.0 Å². The summed E-state index contributed by atoms with van der Waals surface area (Å²) in [5.74, 6) is 0. The molecule has 1 N–H and O–H groups in total. The van der Waals surface area contributed by atoms with Crippen molar-refractivity contribution in [2.45, 2.75) is 46.1 Å². The van der Waals surface area contributed by atoms with Crippen LogP contribution in [0, 0.1) is 6.92 Å². The van der Waals surface area contributed by atoms with Crippen LogP contribution in [0.5, 0.6) is 0 Å². The summed E-state index contributed by atoms with van der Waals surface area (Å²) in [6, 6.07) is 7.01. The van der Waals surface area contributed by atoms with Crippen LogP contribution in [0.25, 0.3) is 0 Å². The van der Waals surface area contributed by atoms with E-state index < -0.39 is 0 Å². The first-order chi connectivity index (χ1) is 9.29. The number of benzene rings is 1. The van der Waals surface area contributed by atoms with E-state index >= 15 is 0 Å². The number of hydrogen-bond donors (Lipinski definition) is 1. The lowest BCUT2D eigenvalue weighted by molar-refractivity contribution is 0.232. The fourth-order valence-electron chi connectivity index (χ4n) is 2.82. The molecule has 0 amide bonds. The van der Waals surface area contributed by atoms with E-state index in [4.69, 9.17) is 0 Å². The minimum atomic E-state index is 1.13. The third kappa shape index (κ3) is 4.63. The molecule has 0 radical (unpaired) electrons. The van der Waals surface area contributed by atoms with E-state index in [9.17, 15) is 0 Å². The molecule has 1 aliphatic heterocycles. The Balaban J connectivity index is 2.00. The predicted octanol–water partition coefficient (Wildman–Crippen LogP) is 3.13. The quantitative estimate of drug-likeness (QED) is 0.791. The van der Waals surface area contributed by atoms with Gasteiger partial charge in [0.05, 0.1) is 0 Å². The number of nitrogens with zero attached hydrogens (tertiary/aromatic N) is 1. The van der Waals surface area contributed by atoms with Crippen molar-refractivity contribution in [3.63, 3.8) is 0 Å². The minimum absolute atomic E-state index is 1.13. The normalized spacial score (nSPS) is 16.7. The molecule has 0 unspecified atom stereocenters. The minimum Gasteiger partial charge on any atom is -0.314 e. The van der Waals surface area contributed by atoms with E-state index in [-0.39, 0.29) is 0 Å². The van der Waals surface area contributed by atoms with Crippen molar-refractivity contribution in [3.05, 3.63) is 34.9 Å². The largest absolute Gasteiger partial charge is 0.314 e. The molecule has 1 aromatic carbocycles. The number of unbranched alkanes of at least 4 members (excludes halogenated alkanes) is 2. The number of hydrogen-bond acceptors (Lipinski definition) is 2. The van der Waals surface area contributed by atoms with Crippen LogP contribution < -0.4 is 5.32 Å². The van der Waals surface area contributed by atoms with Gasteiger partial charge in [-0.3, -0.25) is 4.90 Å². The average Bonchev–Trinajstić information content (AvgIpc) is 2.43. The van der Waals surface area contributed by atoms with Gasteiger partial charge < -0.3 is 5.32 Å². The molecule has 0 atom stereocenters. The maximum absolute atomic E-state index is 3.42. The summed E-state index contributed by atoms with van der Waals surface area (Å²) in [6.45, 7) is 10.2. The molecule has 1 fully saturated rings. The standard InChI is InChI=1S/C17H28N2/c1-3-4-5-6-16-13-15(2)7-8-17(16)14-19-11-9-18-10-12-19/h7-8,13,18H,3-6,9-12,14H2,1-2H3. The molecule has 0 aliphatic carbocycles. The molecule has 106 valence electrons. The Bertz CT molecular complexity index is 381. The summed E-state index contributed by atoms with van der Waals surface area (Å²) in [7, 11) is 0. The summed E-state index contributed by atoms with van der Waals surface area (Å²) in [5, 5.41) is 3.42. The Labute approximate surface area is 118 Å². The Morgan fingerprint density at radius 1 is 1.11 bits per heavy atom. The van der Waals surface area contributed by atoms with Gasteiger partial charge in [-0.25, -0.2) is 0 Å². The lowest BCUT2D eigenvalue weighted by Crippen LogP contribution is -2.43. The van der Waals surface area contributed by atoms with Crippen LogP contribution in [0.2, 0.25) is 0 Å². The lowest BCUT2D eigenvalue weighted by Gasteiger charge is -2.28. The van der Waals surface area contributed by atoms with Crippen LogP contribution in [-0.4, -0.2) is 31.1 Å². The van der Waals surface area contributed by atoms with E-state index in [1.165, 1.54) is 44.3 Å². The second-order valence-corrected chi connectivity index (χ2v) is 5.76. The van der Waals surface area contributed by atoms with Crippen LogP contribution in [0.1, 0.15) is 42.9 Å². The van der Waals surface area contributed by atoms with Crippen molar-refractivity contribution < 1.29 is 0 Å². The van der Waals surface area contributed by atoms with Gasteiger partial charge in [-0.1, -0.05) is 43.5 Å². The molecular weight excluding hydrogens is 232 g/mol. The lowest BCUT2D eigenvalue weighted by atomic mass is 9.98. The summed E-state index contributed by atoms with van der Waals surface area (Å²) >= 11 is 0. The molecule has 2 heteroatoms. The number of aryl methyl sites for hydroxylation is 2. The predicted molar refractivity (Wildman–Crippen MR) is 82.6 cm³/mol. The van der Waals surface area contributed by atoms with Crippen LogP contribution >= 0.6 is 0 Å². The monoisotopic (exact) mass is 260 g/mol. The third-order valence-electron chi connectivity index (χ3n) is 4.02. The van der Waals surface area contributed by atoms with Gasteiger partial charge in [0.1, 0.15) is 0 Å². The van der Waals surface area contributed by atoms with Gasteiger partial charge in [-0.15, -0.1) is 0 Å². The molecule has 1 heterocycles. The van der Waals surface area contributed by atoms with Crippen molar-refractivity contribution in [2.24, 2.45) is 0 Å². The van der Waals surface area contributed by atoms with Gasteiger partial charge in [0, 0.05) is 32.7 Å². The van der Waals surface area contributed by atoms with Gasteiger partial charge in [0.2, 0.25) is 0 Å². The fraction of sp³-hybridized carbons (Fsp3) is 0.647. The molecule has 2 rings (SSSR count). The molecule has 1 saturated heterocycles. The van der Waals surface area contributed by atoms with Crippen molar-refractivity contribution in [1.82, 2.24) is 10.2 Å². The Kier molecular flexibility index (Phi) is 5.87. The van der Waals surface area contributed by atoms with E-state index in [0.29, 0.717) is 0 Å². The van der Waals surface area contributed by atoms with Crippen molar-refractivity contribution >= 4 is 0 Å². The van der Waals surface area contributed by atoms with Gasteiger partial charge in [-0.2, -0.15) is 0 Å². The molecule has 1 aliphatic rings. The zero-order valence-electron chi connectivity index (χ0n) is 12.5. The van der Waals surface area contributed by atoms with Gasteiger partial charge in [0.25, 0.3) is 0 Å². The molecule has 0 saturated carbocycles. The van der Waals surface area contributed by atoms with Crippen molar-refractivity contribution in [2.75, 3.05) is 26.2 Å². The van der Waals surface area contributed by atoms with Gasteiger partial charge >= 0.3 is 0 Å². The number of nitrogens with one attached hydrogen (secondary N) is 1. The molecule has 2 nitrogen and oxygen atoms in total. The third-order valence-corrected chi connectivity index (χ3v) is 4.02. The van der Waals surface area contributed by atoms with Gasteiger partial charge in [-0.05, 0) is 30.9 Å². The highest BCUT2D eigenvalue weighted by molar-refractivity contribution is 5.31. The highest BCUT2D eigenvalue weighted by atomic mass is 15.2.